The molecule has 3 heteroatoms. The molecule has 0 saturated heterocycles. The molecule has 0 aliphatic carbocycles. The molecule has 0 atom stereocenters. The summed E-state index contributed by atoms with van der Waals surface area (Å²) in [4.78, 5) is 12.5. The fourth-order valence-electron chi connectivity index (χ4n) is 2.59. The van der Waals surface area contributed by atoms with Crippen LogP contribution in [-0.2, 0) is 6.61 Å². The Labute approximate surface area is 153 Å². The van der Waals surface area contributed by atoms with Gasteiger partial charge in [-0.1, -0.05) is 60.7 Å². The monoisotopic (exact) mass is 344 g/mol. The third kappa shape index (κ3) is 4.39. The van der Waals surface area contributed by atoms with Gasteiger partial charge in [0.25, 0.3) is 0 Å². The second kappa shape index (κ2) is 8.67. The van der Waals surface area contributed by atoms with Gasteiger partial charge in [0.15, 0.2) is 5.78 Å². The zero-order valence-electron chi connectivity index (χ0n) is 14.6. The molecule has 3 aromatic rings. The lowest BCUT2D eigenvalue weighted by Crippen LogP contribution is -1.99. The van der Waals surface area contributed by atoms with E-state index in [0.717, 1.165) is 16.9 Å². The lowest BCUT2D eigenvalue weighted by molar-refractivity contribution is 0.104. The summed E-state index contributed by atoms with van der Waals surface area (Å²) in [7, 11) is 1.56. The van der Waals surface area contributed by atoms with E-state index in [1.807, 2.05) is 66.7 Å². The van der Waals surface area contributed by atoms with Crippen molar-refractivity contribution in [2.75, 3.05) is 7.11 Å². The van der Waals surface area contributed by atoms with Crippen LogP contribution in [0.5, 0.6) is 11.5 Å². The molecule has 0 unspecified atom stereocenters. The van der Waals surface area contributed by atoms with Crippen molar-refractivity contribution in [1.82, 2.24) is 0 Å². The van der Waals surface area contributed by atoms with Crippen LogP contribution in [0.1, 0.15) is 21.5 Å². The number of allylic oxidation sites excluding steroid dienone is 1. The fraction of sp³-hybridized carbons (Fsp3) is 0.0870. The third-order valence-corrected chi connectivity index (χ3v) is 3.94. The predicted molar refractivity (Wildman–Crippen MR) is 104 cm³/mol. The van der Waals surface area contributed by atoms with Crippen LogP contribution in [0.25, 0.3) is 6.08 Å². The van der Waals surface area contributed by atoms with E-state index in [9.17, 15) is 4.79 Å². The maximum absolute atomic E-state index is 12.5. The van der Waals surface area contributed by atoms with Crippen LogP contribution in [0, 0.1) is 0 Å². The van der Waals surface area contributed by atoms with Gasteiger partial charge in [-0.2, -0.15) is 0 Å². The summed E-state index contributed by atoms with van der Waals surface area (Å²) >= 11 is 0. The fourth-order valence-corrected chi connectivity index (χ4v) is 2.59. The molecule has 0 bridgehead atoms. The molecule has 130 valence electrons. The molecule has 0 fully saturated rings. The number of ketones is 1. The first-order chi connectivity index (χ1) is 12.8. The summed E-state index contributed by atoms with van der Waals surface area (Å²) in [6, 6.07) is 24.8. The van der Waals surface area contributed by atoms with Crippen molar-refractivity contribution in [3.63, 3.8) is 0 Å². The Bertz CT molecular complexity index is 898. The lowest BCUT2D eigenvalue weighted by Gasteiger charge is -2.09. The van der Waals surface area contributed by atoms with Gasteiger partial charge >= 0.3 is 0 Å². The molecule has 0 heterocycles. The SMILES string of the molecule is COc1ccccc1C(=O)/C=C/c1ccccc1OCc1ccccc1. The average Bonchev–Trinajstić information content (AvgIpc) is 2.71. The van der Waals surface area contributed by atoms with Crippen molar-refractivity contribution in [2.24, 2.45) is 0 Å². The zero-order valence-corrected chi connectivity index (χ0v) is 14.6. The summed E-state index contributed by atoms with van der Waals surface area (Å²) in [5.74, 6) is 1.19. The maximum atomic E-state index is 12.5. The van der Waals surface area contributed by atoms with Crippen molar-refractivity contribution in [2.45, 2.75) is 6.61 Å². The first-order valence-corrected chi connectivity index (χ1v) is 8.39. The number of carbonyl (C=O) groups excluding carboxylic acids is 1. The molecule has 0 N–H and O–H groups in total. The molecular formula is C23H20O3. The van der Waals surface area contributed by atoms with Crippen LogP contribution >= 0.6 is 0 Å². The van der Waals surface area contributed by atoms with Crippen molar-refractivity contribution in [3.05, 3.63) is 102 Å². The van der Waals surface area contributed by atoms with E-state index in [-0.39, 0.29) is 5.78 Å². The van der Waals surface area contributed by atoms with Crippen LogP contribution in [0.4, 0.5) is 0 Å². The summed E-state index contributed by atoms with van der Waals surface area (Å²) < 4.78 is 11.2. The highest BCUT2D eigenvalue weighted by molar-refractivity contribution is 6.08. The minimum absolute atomic E-state index is 0.111. The van der Waals surface area contributed by atoms with Crippen molar-refractivity contribution in [3.8, 4) is 11.5 Å². The number of carbonyl (C=O) groups is 1. The highest BCUT2D eigenvalue weighted by Crippen LogP contribution is 2.22. The van der Waals surface area contributed by atoms with Gasteiger partial charge in [0.1, 0.15) is 18.1 Å². The second-order valence-corrected chi connectivity index (χ2v) is 5.71. The molecule has 0 amide bonds. The molecule has 0 aliphatic heterocycles. The first-order valence-electron chi connectivity index (χ1n) is 8.39. The van der Waals surface area contributed by atoms with Gasteiger partial charge < -0.3 is 9.47 Å². The van der Waals surface area contributed by atoms with Gasteiger partial charge in [-0.15, -0.1) is 0 Å². The average molecular weight is 344 g/mol. The van der Waals surface area contributed by atoms with Crippen LogP contribution in [0.2, 0.25) is 0 Å². The Morgan fingerprint density at radius 3 is 2.27 bits per heavy atom. The highest BCUT2D eigenvalue weighted by atomic mass is 16.5. The van der Waals surface area contributed by atoms with E-state index in [2.05, 4.69) is 0 Å². The number of rotatable bonds is 7. The van der Waals surface area contributed by atoms with E-state index in [1.54, 1.807) is 31.4 Å². The topological polar surface area (TPSA) is 35.5 Å². The normalized spacial score (nSPS) is 10.7. The zero-order chi connectivity index (χ0) is 18.2. The minimum Gasteiger partial charge on any atom is -0.496 e. The molecule has 3 rings (SSSR count). The quantitative estimate of drug-likeness (QED) is 0.438. The smallest absolute Gasteiger partial charge is 0.189 e. The largest absolute Gasteiger partial charge is 0.496 e. The van der Waals surface area contributed by atoms with E-state index in [4.69, 9.17) is 9.47 Å². The maximum Gasteiger partial charge on any atom is 0.189 e. The molecular weight excluding hydrogens is 324 g/mol. The Hall–Kier alpha value is -3.33. The Kier molecular flexibility index (Phi) is 5.84. The summed E-state index contributed by atoms with van der Waals surface area (Å²) in [5, 5.41) is 0. The molecule has 26 heavy (non-hydrogen) atoms. The van der Waals surface area contributed by atoms with E-state index in [1.165, 1.54) is 0 Å². The van der Waals surface area contributed by atoms with Crippen molar-refractivity contribution >= 4 is 11.9 Å². The second-order valence-electron chi connectivity index (χ2n) is 5.71. The number of benzene rings is 3. The molecule has 0 saturated carbocycles. The van der Waals surface area contributed by atoms with Crippen LogP contribution in [0.3, 0.4) is 0 Å². The minimum atomic E-state index is -0.111. The summed E-state index contributed by atoms with van der Waals surface area (Å²) in [6.07, 6.45) is 3.32. The van der Waals surface area contributed by atoms with E-state index in [0.29, 0.717) is 17.9 Å². The van der Waals surface area contributed by atoms with Gasteiger partial charge in [0, 0.05) is 5.56 Å². The van der Waals surface area contributed by atoms with Crippen molar-refractivity contribution in [1.29, 1.82) is 0 Å². The Morgan fingerprint density at radius 2 is 1.50 bits per heavy atom. The van der Waals surface area contributed by atoms with Gasteiger partial charge in [0.05, 0.1) is 12.7 Å². The summed E-state index contributed by atoms with van der Waals surface area (Å²) in [5.41, 5.74) is 2.48. The summed E-state index contributed by atoms with van der Waals surface area (Å²) in [6.45, 7) is 0.478. The highest BCUT2D eigenvalue weighted by Gasteiger charge is 2.08. The van der Waals surface area contributed by atoms with Gasteiger partial charge in [-0.25, -0.2) is 0 Å². The van der Waals surface area contributed by atoms with Crippen LogP contribution in [-0.4, -0.2) is 12.9 Å². The van der Waals surface area contributed by atoms with Gasteiger partial charge in [-0.3, -0.25) is 4.79 Å². The number of hydrogen-bond acceptors (Lipinski definition) is 3. The number of ether oxygens (including phenoxy) is 2. The molecule has 3 aromatic carbocycles. The number of para-hydroxylation sites is 2. The standard InChI is InChI=1S/C23H20O3/c1-25-23-14-8-6-12-20(23)21(24)16-15-19-11-5-7-13-22(19)26-17-18-9-3-2-4-10-18/h2-16H,17H2,1H3/b16-15+. The molecule has 0 radical (unpaired) electrons. The van der Waals surface area contributed by atoms with Crippen LogP contribution < -0.4 is 9.47 Å². The molecule has 3 nitrogen and oxygen atoms in total. The van der Waals surface area contributed by atoms with E-state index < -0.39 is 0 Å². The van der Waals surface area contributed by atoms with Gasteiger partial charge in [0.2, 0.25) is 0 Å². The number of hydrogen-bond donors (Lipinski definition) is 0. The third-order valence-electron chi connectivity index (χ3n) is 3.94. The first kappa shape index (κ1) is 17.5. The number of methoxy groups -OCH3 is 1. The molecule has 0 spiro atoms. The molecule has 0 aliphatic rings. The molecule has 0 aromatic heterocycles. The van der Waals surface area contributed by atoms with Crippen LogP contribution in [0.15, 0.2) is 84.9 Å². The Balaban J connectivity index is 1.75. The predicted octanol–water partition coefficient (Wildman–Crippen LogP) is 5.17. The Morgan fingerprint density at radius 1 is 0.846 bits per heavy atom. The lowest BCUT2D eigenvalue weighted by atomic mass is 10.1. The van der Waals surface area contributed by atoms with Gasteiger partial charge in [-0.05, 0) is 35.9 Å². The van der Waals surface area contributed by atoms with E-state index >= 15 is 0 Å². The van der Waals surface area contributed by atoms with Crippen molar-refractivity contribution < 1.29 is 14.3 Å².